The summed E-state index contributed by atoms with van der Waals surface area (Å²) in [5.41, 5.74) is 0. The van der Waals surface area contributed by atoms with Crippen molar-refractivity contribution in [2.45, 2.75) is 18.6 Å². The van der Waals surface area contributed by atoms with Crippen molar-refractivity contribution in [3.05, 3.63) is 12.2 Å². The molecule has 0 radical (unpaired) electrons. The summed E-state index contributed by atoms with van der Waals surface area (Å²) in [5, 5.41) is 9.85. The van der Waals surface area contributed by atoms with Gasteiger partial charge in [0.2, 0.25) is 5.91 Å². The quantitative estimate of drug-likeness (QED) is 0.779. The zero-order valence-corrected chi connectivity index (χ0v) is 11.8. The van der Waals surface area contributed by atoms with Crippen LogP contribution in [0.5, 0.6) is 0 Å². The molecule has 19 heavy (non-hydrogen) atoms. The van der Waals surface area contributed by atoms with E-state index in [-0.39, 0.29) is 23.7 Å². The number of thioether (sulfide) groups is 1. The summed E-state index contributed by atoms with van der Waals surface area (Å²) in [7, 11) is 0. The molecule has 2 fully saturated rings. The van der Waals surface area contributed by atoms with E-state index in [1.165, 1.54) is 0 Å². The van der Waals surface area contributed by atoms with Gasteiger partial charge in [-0.3, -0.25) is 9.59 Å². The van der Waals surface area contributed by atoms with Crippen LogP contribution in [0.2, 0.25) is 0 Å². The first kappa shape index (κ1) is 13.0. The van der Waals surface area contributed by atoms with E-state index in [1.54, 1.807) is 0 Å². The van der Waals surface area contributed by atoms with Crippen molar-refractivity contribution < 1.29 is 14.7 Å². The van der Waals surface area contributed by atoms with Crippen LogP contribution in [0.3, 0.4) is 0 Å². The van der Waals surface area contributed by atoms with E-state index >= 15 is 0 Å². The van der Waals surface area contributed by atoms with Crippen LogP contribution in [0.1, 0.15) is 13.3 Å². The van der Waals surface area contributed by atoms with Gasteiger partial charge in [-0.1, -0.05) is 19.1 Å². The molecule has 1 aliphatic heterocycles. The Labute approximate surface area is 117 Å². The summed E-state index contributed by atoms with van der Waals surface area (Å²) in [6.45, 7) is 3.64. The Morgan fingerprint density at radius 1 is 1.26 bits per heavy atom. The number of hydrogen-bond acceptors (Lipinski definition) is 3. The van der Waals surface area contributed by atoms with Crippen molar-refractivity contribution in [1.29, 1.82) is 0 Å². The SMILES string of the molecule is CC1CN(C(=O)[C@H]2C3C=CC(C3)[C@H]2C(=O)O)CCS1. The van der Waals surface area contributed by atoms with Crippen molar-refractivity contribution in [1.82, 2.24) is 4.90 Å². The van der Waals surface area contributed by atoms with E-state index in [0.29, 0.717) is 5.25 Å². The molecule has 1 heterocycles. The van der Waals surface area contributed by atoms with Crippen LogP contribution in [0, 0.1) is 23.7 Å². The molecule has 0 aromatic heterocycles. The van der Waals surface area contributed by atoms with Gasteiger partial charge in [0.05, 0.1) is 11.8 Å². The minimum atomic E-state index is -0.811. The van der Waals surface area contributed by atoms with E-state index in [9.17, 15) is 14.7 Å². The molecule has 2 aliphatic carbocycles. The highest BCUT2D eigenvalue weighted by Gasteiger charge is 2.52. The molecule has 5 heteroatoms. The minimum Gasteiger partial charge on any atom is -0.481 e. The Hall–Kier alpha value is -0.970. The number of fused-ring (bicyclic) bond motifs is 2. The van der Waals surface area contributed by atoms with Gasteiger partial charge in [0, 0.05) is 24.1 Å². The highest BCUT2D eigenvalue weighted by atomic mass is 32.2. The predicted molar refractivity (Wildman–Crippen MR) is 73.9 cm³/mol. The van der Waals surface area contributed by atoms with Gasteiger partial charge in [-0.2, -0.15) is 11.8 Å². The van der Waals surface area contributed by atoms with Crippen molar-refractivity contribution in [3.63, 3.8) is 0 Å². The largest absolute Gasteiger partial charge is 0.481 e. The van der Waals surface area contributed by atoms with E-state index < -0.39 is 11.9 Å². The van der Waals surface area contributed by atoms with Gasteiger partial charge in [0.25, 0.3) is 0 Å². The Morgan fingerprint density at radius 2 is 1.95 bits per heavy atom. The molecule has 104 valence electrons. The number of aliphatic carboxylic acids is 1. The normalized spacial score (nSPS) is 40.7. The van der Waals surface area contributed by atoms with Gasteiger partial charge in [-0.15, -0.1) is 0 Å². The maximum Gasteiger partial charge on any atom is 0.307 e. The summed E-state index contributed by atoms with van der Waals surface area (Å²) in [4.78, 5) is 26.0. The summed E-state index contributed by atoms with van der Waals surface area (Å²) in [6.07, 6.45) is 4.88. The van der Waals surface area contributed by atoms with E-state index in [0.717, 1.165) is 25.3 Å². The molecular weight excluding hydrogens is 262 g/mol. The molecule has 1 amide bonds. The molecule has 4 nitrogen and oxygen atoms in total. The van der Waals surface area contributed by atoms with Crippen LogP contribution < -0.4 is 0 Å². The van der Waals surface area contributed by atoms with Crippen LogP contribution in [-0.4, -0.2) is 46.0 Å². The summed E-state index contributed by atoms with van der Waals surface area (Å²) in [6, 6.07) is 0. The number of nitrogens with zero attached hydrogens (tertiary/aromatic N) is 1. The second-order valence-corrected chi connectivity index (χ2v) is 7.35. The first-order valence-corrected chi connectivity index (χ1v) is 7.94. The average molecular weight is 281 g/mol. The van der Waals surface area contributed by atoms with Gasteiger partial charge in [0.1, 0.15) is 0 Å². The number of amides is 1. The van der Waals surface area contributed by atoms with Crippen molar-refractivity contribution in [3.8, 4) is 0 Å². The lowest BCUT2D eigenvalue weighted by molar-refractivity contribution is -0.151. The standard InChI is InChI=1S/C14H19NO3S/c1-8-7-15(4-5-19-8)13(16)11-9-2-3-10(6-9)12(11)14(17)18/h2-3,8-12H,4-7H2,1H3,(H,17,18)/t8?,9?,10?,11-,12+/m0/s1. The average Bonchev–Trinajstić information content (AvgIpc) is 2.97. The Bertz CT molecular complexity index is 436. The maximum atomic E-state index is 12.7. The van der Waals surface area contributed by atoms with Gasteiger partial charge in [0.15, 0.2) is 0 Å². The third-order valence-corrected chi connectivity index (χ3v) is 5.72. The first-order valence-electron chi connectivity index (χ1n) is 6.89. The second-order valence-electron chi connectivity index (χ2n) is 5.80. The lowest BCUT2D eigenvalue weighted by Gasteiger charge is -2.35. The highest BCUT2D eigenvalue weighted by molar-refractivity contribution is 7.99. The van der Waals surface area contributed by atoms with Crippen LogP contribution in [0.25, 0.3) is 0 Å². The topological polar surface area (TPSA) is 57.6 Å². The third-order valence-electron chi connectivity index (χ3n) is 4.58. The molecule has 1 saturated carbocycles. The Kier molecular flexibility index (Phi) is 3.33. The van der Waals surface area contributed by atoms with Gasteiger partial charge in [-0.05, 0) is 18.3 Å². The molecule has 0 aromatic carbocycles. The zero-order valence-electron chi connectivity index (χ0n) is 11.0. The molecule has 1 N–H and O–H groups in total. The summed E-state index contributed by atoms with van der Waals surface area (Å²) in [5.74, 6) is -0.417. The molecular formula is C14H19NO3S. The molecule has 1 saturated heterocycles. The molecule has 0 aromatic rings. The lowest BCUT2D eigenvalue weighted by Crippen LogP contribution is -2.47. The summed E-state index contributed by atoms with van der Waals surface area (Å²) < 4.78 is 0. The maximum absolute atomic E-state index is 12.7. The van der Waals surface area contributed by atoms with Crippen LogP contribution in [0.4, 0.5) is 0 Å². The number of carboxylic acids is 1. The van der Waals surface area contributed by atoms with E-state index in [2.05, 4.69) is 13.0 Å². The second kappa shape index (κ2) is 4.85. The Balaban J connectivity index is 1.78. The molecule has 5 atom stereocenters. The number of carbonyl (C=O) groups is 2. The van der Waals surface area contributed by atoms with Crippen LogP contribution in [-0.2, 0) is 9.59 Å². The lowest BCUT2D eigenvalue weighted by atomic mass is 9.82. The van der Waals surface area contributed by atoms with Gasteiger partial charge >= 0.3 is 5.97 Å². The van der Waals surface area contributed by atoms with Crippen molar-refractivity contribution >= 4 is 23.6 Å². The smallest absolute Gasteiger partial charge is 0.307 e. The number of rotatable bonds is 2. The van der Waals surface area contributed by atoms with Crippen LogP contribution in [0.15, 0.2) is 12.2 Å². The predicted octanol–water partition coefficient (Wildman–Crippen LogP) is 1.47. The fourth-order valence-corrected chi connectivity index (χ4v) is 4.74. The van der Waals surface area contributed by atoms with E-state index in [4.69, 9.17) is 0 Å². The van der Waals surface area contributed by atoms with Crippen molar-refractivity contribution in [2.24, 2.45) is 23.7 Å². The number of allylic oxidation sites excluding steroid dienone is 2. The molecule has 3 aliphatic rings. The fourth-order valence-electron chi connectivity index (χ4n) is 3.72. The molecule has 2 bridgehead atoms. The highest BCUT2D eigenvalue weighted by Crippen LogP contribution is 2.49. The Morgan fingerprint density at radius 3 is 2.58 bits per heavy atom. The van der Waals surface area contributed by atoms with E-state index in [1.807, 2.05) is 22.7 Å². The van der Waals surface area contributed by atoms with Gasteiger partial charge < -0.3 is 10.0 Å². The molecule has 3 unspecified atom stereocenters. The zero-order chi connectivity index (χ0) is 13.6. The first-order chi connectivity index (χ1) is 9.08. The van der Waals surface area contributed by atoms with Gasteiger partial charge in [-0.25, -0.2) is 0 Å². The fraction of sp³-hybridized carbons (Fsp3) is 0.714. The van der Waals surface area contributed by atoms with Crippen molar-refractivity contribution in [2.75, 3.05) is 18.8 Å². The molecule has 0 spiro atoms. The number of carboxylic acid groups (broad SMARTS) is 1. The number of carbonyl (C=O) groups excluding carboxylic acids is 1. The molecule has 3 rings (SSSR count). The monoisotopic (exact) mass is 281 g/mol. The minimum absolute atomic E-state index is 0.0630. The third kappa shape index (κ3) is 2.18. The number of hydrogen-bond donors (Lipinski definition) is 1. The van der Waals surface area contributed by atoms with Crippen LogP contribution >= 0.6 is 11.8 Å². The summed E-state index contributed by atoms with van der Waals surface area (Å²) >= 11 is 1.88.